The molecule has 0 saturated carbocycles. The van der Waals surface area contributed by atoms with E-state index in [2.05, 4.69) is 10.3 Å². The zero-order valence-corrected chi connectivity index (χ0v) is 45.2. The van der Waals surface area contributed by atoms with E-state index in [1.54, 1.807) is 66.8 Å². The van der Waals surface area contributed by atoms with Gasteiger partial charge in [-0.05, 0) is 93.3 Å². The molecule has 19 atom stereocenters. The molecule has 2 aromatic rings. The molecule has 5 N–H and O–H groups in total. The summed E-state index contributed by atoms with van der Waals surface area (Å²) in [6.45, 7) is 18.1. The average molecular weight is 1040 g/mol. The van der Waals surface area contributed by atoms with Crippen LogP contribution in [0.2, 0.25) is 0 Å². The standard InChI is InChI=1S/C51H84N6O16/c1-15-39-51(10,64)43(59)32(6)55(12)26-28(2)24-49(8,63)45(30(4)42(31(5)46(61)71-39)72-40-25-50(9,68-14)44(60)33(7)70-40)73-48-41(58)37(22-29(3)69-48)54(11)21-20-35-27-56(53-52-35)38(47(62)67-13)23-34-16-18-36(19-17-34)57(65)66/h16-19,27-33,37-45,48,58-60,63-64H,15,20-26H2,1-14H3/t28-,29-,30+,31-,32-,33+,37+,38+,39-,40+,41-,42+,43-,44+,45-,48+,49-,50-,51-/m1/s1. The van der Waals surface area contributed by atoms with Gasteiger partial charge in [-0.3, -0.25) is 14.9 Å². The maximum Gasteiger partial charge on any atom is 0.331 e. The molecule has 0 aliphatic carbocycles. The van der Waals surface area contributed by atoms with Gasteiger partial charge in [-0.2, -0.15) is 0 Å². The zero-order chi connectivity index (χ0) is 54.5. The van der Waals surface area contributed by atoms with Gasteiger partial charge in [0.1, 0.15) is 30.0 Å². The van der Waals surface area contributed by atoms with Crippen LogP contribution in [-0.2, 0) is 55.6 Å². The average Bonchev–Trinajstić information content (AvgIpc) is 3.81. The first-order chi connectivity index (χ1) is 34.1. The number of aliphatic hydroxyl groups excluding tert-OH is 3. The molecule has 22 heteroatoms. The molecule has 414 valence electrons. The highest BCUT2D eigenvalue weighted by atomic mass is 16.7. The van der Waals surface area contributed by atoms with Gasteiger partial charge in [0.15, 0.2) is 18.6 Å². The second kappa shape index (κ2) is 24.9. The van der Waals surface area contributed by atoms with E-state index in [1.807, 2.05) is 37.7 Å². The highest BCUT2D eigenvalue weighted by Gasteiger charge is 2.53. The number of carbonyl (C=O) groups is 2. The Labute approximate surface area is 429 Å². The third kappa shape index (κ3) is 14.2. The Kier molecular flexibility index (Phi) is 20.5. The molecule has 3 aliphatic heterocycles. The number of non-ortho nitro benzene ring substituents is 1. The van der Waals surface area contributed by atoms with E-state index in [1.165, 1.54) is 38.0 Å². The third-order valence-electron chi connectivity index (χ3n) is 15.8. The number of aliphatic hydroxyl groups is 5. The summed E-state index contributed by atoms with van der Waals surface area (Å²) in [7, 11) is 6.42. The molecule has 3 fully saturated rings. The van der Waals surface area contributed by atoms with Crippen molar-refractivity contribution in [2.45, 2.75) is 204 Å². The minimum Gasteiger partial charge on any atom is -0.467 e. The SMILES string of the molecule is CC[C@H]1OC(=O)[C@H](C)[C@@H](O[C@H]2C[C@@](C)(OC)[C@@H](O)[C@H](C)O2)[C@H](C)[C@@H](O[C@@H]2O[C@H](C)C[C@H](N(C)CCc3cn([C@@H](Cc4ccc([N+](=O)[O-])cc4)C(=O)OC)nn3)[C@H]2O)[C@](C)(O)C[C@@H](C)CN(C)[C@H](C)[C@@H](O)[C@]1(C)O. The van der Waals surface area contributed by atoms with Crippen LogP contribution in [0.25, 0.3) is 0 Å². The van der Waals surface area contributed by atoms with Gasteiger partial charge in [0.05, 0.1) is 59.3 Å². The van der Waals surface area contributed by atoms with Crippen molar-refractivity contribution in [2.75, 3.05) is 41.4 Å². The monoisotopic (exact) mass is 1040 g/mol. The quantitative estimate of drug-likeness (QED) is 0.0974. The Bertz CT molecular complexity index is 2110. The molecular formula is C51H84N6O16. The number of rotatable bonds is 15. The lowest BCUT2D eigenvalue weighted by molar-refractivity contribution is -0.384. The zero-order valence-electron chi connectivity index (χ0n) is 45.2. The van der Waals surface area contributed by atoms with Crippen molar-refractivity contribution in [3.05, 3.63) is 51.8 Å². The van der Waals surface area contributed by atoms with Crippen molar-refractivity contribution in [3.63, 3.8) is 0 Å². The van der Waals surface area contributed by atoms with Crippen molar-refractivity contribution in [3.8, 4) is 0 Å². The van der Waals surface area contributed by atoms with Gasteiger partial charge in [-0.1, -0.05) is 38.1 Å². The van der Waals surface area contributed by atoms with Crippen LogP contribution in [0.4, 0.5) is 5.69 Å². The highest BCUT2D eigenvalue weighted by molar-refractivity contribution is 5.74. The predicted octanol–water partition coefficient (Wildman–Crippen LogP) is 2.97. The highest BCUT2D eigenvalue weighted by Crippen LogP contribution is 2.40. The lowest BCUT2D eigenvalue weighted by Crippen LogP contribution is -2.61. The van der Waals surface area contributed by atoms with Crippen LogP contribution in [0.1, 0.15) is 112 Å². The van der Waals surface area contributed by atoms with Crippen LogP contribution >= 0.6 is 0 Å². The number of hydrogen-bond acceptors (Lipinski definition) is 20. The van der Waals surface area contributed by atoms with E-state index in [9.17, 15) is 45.2 Å². The largest absolute Gasteiger partial charge is 0.467 e. The topological polar surface area (TPSA) is 280 Å². The third-order valence-corrected chi connectivity index (χ3v) is 15.8. The number of likely N-dealkylation sites (N-methyl/N-ethyl adjacent to an activating group) is 2. The molecule has 0 amide bonds. The second-order valence-electron chi connectivity index (χ2n) is 21.8. The fourth-order valence-corrected chi connectivity index (χ4v) is 11.1. The van der Waals surface area contributed by atoms with Crippen LogP contribution in [0.5, 0.6) is 0 Å². The predicted molar refractivity (Wildman–Crippen MR) is 265 cm³/mol. The minimum absolute atomic E-state index is 0.0714. The summed E-state index contributed by atoms with van der Waals surface area (Å²) in [6.07, 6.45) is -7.53. The van der Waals surface area contributed by atoms with Crippen molar-refractivity contribution < 1.29 is 73.2 Å². The van der Waals surface area contributed by atoms with Crippen LogP contribution in [0, 0.1) is 27.9 Å². The van der Waals surface area contributed by atoms with Crippen LogP contribution in [0.15, 0.2) is 30.5 Å². The molecular weight excluding hydrogens is 953 g/mol. The number of benzene rings is 1. The summed E-state index contributed by atoms with van der Waals surface area (Å²) in [4.78, 5) is 42.0. The number of ether oxygens (including phenoxy) is 7. The molecule has 3 saturated heterocycles. The van der Waals surface area contributed by atoms with E-state index >= 15 is 0 Å². The van der Waals surface area contributed by atoms with Gasteiger partial charge in [0, 0.05) is 75.8 Å². The van der Waals surface area contributed by atoms with Crippen LogP contribution < -0.4 is 0 Å². The number of nitrogens with zero attached hydrogens (tertiary/aromatic N) is 6. The number of methoxy groups -OCH3 is 2. The molecule has 0 spiro atoms. The van der Waals surface area contributed by atoms with Gasteiger partial charge in [-0.25, -0.2) is 9.48 Å². The number of nitro groups is 1. The lowest BCUT2D eigenvalue weighted by Gasteiger charge is -2.49. The maximum absolute atomic E-state index is 14.5. The number of carbonyl (C=O) groups excluding carboxylic acids is 2. The van der Waals surface area contributed by atoms with Crippen molar-refractivity contribution in [1.29, 1.82) is 0 Å². The molecule has 4 heterocycles. The van der Waals surface area contributed by atoms with E-state index in [0.717, 1.165) is 0 Å². The molecule has 0 bridgehead atoms. The molecule has 1 aromatic carbocycles. The lowest BCUT2D eigenvalue weighted by atomic mass is 9.77. The Morgan fingerprint density at radius 1 is 1.00 bits per heavy atom. The summed E-state index contributed by atoms with van der Waals surface area (Å²) in [5.74, 6) is -3.50. The normalized spacial score (nSPS) is 39.0. The number of nitro benzene ring substituents is 1. The summed E-state index contributed by atoms with van der Waals surface area (Å²) in [5.41, 5.74) is -3.49. The molecule has 3 aliphatic rings. The number of cyclic esters (lactones) is 1. The van der Waals surface area contributed by atoms with Gasteiger partial charge >= 0.3 is 11.9 Å². The van der Waals surface area contributed by atoms with Crippen LogP contribution in [0.3, 0.4) is 0 Å². The molecule has 0 radical (unpaired) electrons. The summed E-state index contributed by atoms with van der Waals surface area (Å²) < 4.78 is 44.7. The molecule has 22 nitrogen and oxygen atoms in total. The summed E-state index contributed by atoms with van der Waals surface area (Å²) >= 11 is 0. The summed E-state index contributed by atoms with van der Waals surface area (Å²) in [6, 6.07) is 3.87. The first kappa shape index (κ1) is 60.1. The first-order valence-electron chi connectivity index (χ1n) is 25.6. The minimum atomic E-state index is -1.86. The summed E-state index contributed by atoms with van der Waals surface area (Å²) in [5, 5.41) is 79.5. The maximum atomic E-state index is 14.5. The Morgan fingerprint density at radius 2 is 1.66 bits per heavy atom. The Hall–Kier alpha value is -3.78. The first-order valence-corrected chi connectivity index (χ1v) is 25.6. The second-order valence-corrected chi connectivity index (χ2v) is 21.8. The molecule has 1 aromatic heterocycles. The van der Waals surface area contributed by atoms with E-state index in [-0.39, 0.29) is 37.3 Å². The van der Waals surface area contributed by atoms with Gasteiger partial charge in [-0.15, -0.1) is 5.10 Å². The van der Waals surface area contributed by atoms with Crippen molar-refractivity contribution in [2.24, 2.45) is 17.8 Å². The Balaban J connectivity index is 1.44. The number of aromatic nitrogens is 3. The Morgan fingerprint density at radius 3 is 2.26 bits per heavy atom. The van der Waals surface area contributed by atoms with E-state index < -0.39 is 125 Å². The van der Waals surface area contributed by atoms with Crippen LogP contribution in [-0.4, -0.2) is 199 Å². The number of esters is 2. The van der Waals surface area contributed by atoms with Gasteiger partial charge in [0.2, 0.25) is 0 Å². The smallest absolute Gasteiger partial charge is 0.331 e. The van der Waals surface area contributed by atoms with E-state index in [0.29, 0.717) is 37.2 Å². The molecule has 5 rings (SSSR count). The fraction of sp³-hybridized carbons (Fsp3) is 0.804. The van der Waals surface area contributed by atoms with E-state index in [4.69, 9.17) is 33.2 Å². The van der Waals surface area contributed by atoms with Gasteiger partial charge in [0.25, 0.3) is 5.69 Å². The molecule has 73 heavy (non-hydrogen) atoms. The van der Waals surface area contributed by atoms with Crippen molar-refractivity contribution in [1.82, 2.24) is 24.8 Å². The van der Waals surface area contributed by atoms with Crippen molar-refractivity contribution >= 4 is 17.6 Å². The fourth-order valence-electron chi connectivity index (χ4n) is 11.1. The number of hydrogen-bond donors (Lipinski definition) is 5. The molecule has 0 unspecified atom stereocenters. The van der Waals surface area contributed by atoms with Gasteiger partial charge < -0.3 is 68.5 Å².